The van der Waals surface area contributed by atoms with Crippen LogP contribution in [0.15, 0.2) is 96.1 Å². The van der Waals surface area contributed by atoms with Gasteiger partial charge in [0.1, 0.15) is 12.3 Å². The average Bonchev–Trinajstić information content (AvgIpc) is 3.31. The molecule has 0 atom stereocenters. The standard InChI is InChI=1S/C25H27N3O3/c1-2-16-28(25(30)26-22-12-7-4-8-13-22)20-24(29)27(19-23-14-9-18-31-23)17-15-21-10-5-3-6-11-21/h2-14,18H,1,15-17,19-20H2,(H,26,30). The van der Waals surface area contributed by atoms with E-state index in [1.54, 1.807) is 35.4 Å². The van der Waals surface area contributed by atoms with Crippen LogP contribution in [0.4, 0.5) is 10.5 Å². The number of para-hydroxylation sites is 1. The number of urea groups is 1. The van der Waals surface area contributed by atoms with Gasteiger partial charge in [-0.05, 0) is 36.2 Å². The Balaban J connectivity index is 1.68. The summed E-state index contributed by atoms with van der Waals surface area (Å²) in [4.78, 5) is 29.1. The molecule has 2 aromatic carbocycles. The second-order valence-electron chi connectivity index (χ2n) is 7.10. The molecule has 0 bridgehead atoms. The molecule has 3 amide bonds. The molecule has 160 valence electrons. The van der Waals surface area contributed by atoms with Crippen LogP contribution < -0.4 is 5.32 Å². The number of carbonyl (C=O) groups excluding carboxylic acids is 2. The Labute approximate surface area is 182 Å². The molecule has 0 radical (unpaired) electrons. The number of carbonyl (C=O) groups is 2. The van der Waals surface area contributed by atoms with E-state index in [1.807, 2.05) is 54.6 Å². The van der Waals surface area contributed by atoms with E-state index in [0.29, 0.717) is 31.0 Å². The van der Waals surface area contributed by atoms with Crippen molar-refractivity contribution in [3.8, 4) is 0 Å². The predicted molar refractivity (Wildman–Crippen MR) is 122 cm³/mol. The Bertz CT molecular complexity index is 956. The van der Waals surface area contributed by atoms with E-state index in [4.69, 9.17) is 4.42 Å². The minimum Gasteiger partial charge on any atom is -0.467 e. The lowest BCUT2D eigenvalue weighted by molar-refractivity contribution is -0.132. The molecule has 1 aromatic heterocycles. The Morgan fingerprint density at radius 3 is 2.29 bits per heavy atom. The van der Waals surface area contributed by atoms with Gasteiger partial charge in [0.2, 0.25) is 5.91 Å². The van der Waals surface area contributed by atoms with Gasteiger partial charge in [-0.2, -0.15) is 0 Å². The molecule has 0 saturated heterocycles. The fourth-order valence-corrected chi connectivity index (χ4v) is 3.15. The zero-order chi connectivity index (χ0) is 21.9. The fraction of sp³-hybridized carbons (Fsp3) is 0.200. The minimum absolute atomic E-state index is 0.0554. The van der Waals surface area contributed by atoms with E-state index in [1.165, 1.54) is 4.90 Å². The van der Waals surface area contributed by atoms with Crippen molar-refractivity contribution in [1.29, 1.82) is 0 Å². The van der Waals surface area contributed by atoms with Crippen LogP contribution in [0.2, 0.25) is 0 Å². The Hall–Kier alpha value is -3.80. The zero-order valence-electron chi connectivity index (χ0n) is 17.4. The van der Waals surface area contributed by atoms with Gasteiger partial charge in [0, 0.05) is 18.8 Å². The summed E-state index contributed by atoms with van der Waals surface area (Å²) >= 11 is 0. The molecule has 0 aliphatic rings. The highest BCUT2D eigenvalue weighted by molar-refractivity contribution is 5.92. The van der Waals surface area contributed by atoms with Crippen molar-refractivity contribution in [2.45, 2.75) is 13.0 Å². The summed E-state index contributed by atoms with van der Waals surface area (Å²) in [6.07, 6.45) is 3.91. The normalized spacial score (nSPS) is 10.3. The number of rotatable bonds is 10. The first-order valence-corrected chi connectivity index (χ1v) is 10.2. The number of hydrogen-bond acceptors (Lipinski definition) is 3. The van der Waals surface area contributed by atoms with E-state index < -0.39 is 0 Å². The Morgan fingerprint density at radius 1 is 0.935 bits per heavy atom. The second kappa shape index (κ2) is 11.4. The first-order valence-electron chi connectivity index (χ1n) is 10.2. The summed E-state index contributed by atoms with van der Waals surface area (Å²) in [5.74, 6) is 0.544. The minimum atomic E-state index is -0.347. The summed E-state index contributed by atoms with van der Waals surface area (Å²) in [7, 11) is 0. The summed E-state index contributed by atoms with van der Waals surface area (Å²) in [6.45, 7) is 4.79. The van der Waals surface area contributed by atoms with Gasteiger partial charge in [0.25, 0.3) is 0 Å². The number of benzene rings is 2. The van der Waals surface area contributed by atoms with Gasteiger partial charge in [-0.1, -0.05) is 54.6 Å². The van der Waals surface area contributed by atoms with Crippen LogP contribution in [-0.4, -0.2) is 41.4 Å². The van der Waals surface area contributed by atoms with Crippen molar-refractivity contribution >= 4 is 17.6 Å². The molecular weight excluding hydrogens is 390 g/mol. The number of amides is 3. The molecule has 0 fully saturated rings. The van der Waals surface area contributed by atoms with Gasteiger partial charge in [0.15, 0.2) is 0 Å². The highest BCUT2D eigenvalue weighted by atomic mass is 16.3. The Morgan fingerprint density at radius 2 is 1.65 bits per heavy atom. The lowest BCUT2D eigenvalue weighted by atomic mass is 10.1. The molecule has 6 heteroatoms. The monoisotopic (exact) mass is 417 g/mol. The Kier molecular flexibility index (Phi) is 8.05. The van der Waals surface area contributed by atoms with E-state index in [-0.39, 0.29) is 25.0 Å². The molecule has 0 aliphatic carbocycles. The van der Waals surface area contributed by atoms with E-state index in [9.17, 15) is 9.59 Å². The lowest BCUT2D eigenvalue weighted by Crippen LogP contribution is -2.44. The first-order chi connectivity index (χ1) is 15.2. The van der Waals surface area contributed by atoms with Crippen LogP contribution in [0, 0.1) is 0 Å². The SMILES string of the molecule is C=CCN(CC(=O)N(CCc1ccccc1)Cc1ccco1)C(=O)Nc1ccccc1. The first kappa shape index (κ1) is 21.9. The summed E-state index contributed by atoms with van der Waals surface area (Å²) in [5, 5.41) is 2.82. The van der Waals surface area contributed by atoms with Crippen LogP contribution in [0.1, 0.15) is 11.3 Å². The molecule has 0 unspecified atom stereocenters. The van der Waals surface area contributed by atoms with E-state index in [2.05, 4.69) is 11.9 Å². The lowest BCUT2D eigenvalue weighted by Gasteiger charge is -2.27. The van der Waals surface area contributed by atoms with Crippen molar-refractivity contribution < 1.29 is 14.0 Å². The molecule has 1 N–H and O–H groups in total. The molecule has 0 saturated carbocycles. The van der Waals surface area contributed by atoms with Crippen molar-refractivity contribution in [3.63, 3.8) is 0 Å². The molecule has 1 heterocycles. The van der Waals surface area contributed by atoms with E-state index in [0.717, 1.165) is 5.56 Å². The van der Waals surface area contributed by atoms with E-state index >= 15 is 0 Å². The van der Waals surface area contributed by atoms with Crippen molar-refractivity contribution in [1.82, 2.24) is 9.80 Å². The second-order valence-corrected chi connectivity index (χ2v) is 7.10. The van der Waals surface area contributed by atoms with Crippen LogP contribution in [0.25, 0.3) is 0 Å². The molecule has 6 nitrogen and oxygen atoms in total. The summed E-state index contributed by atoms with van der Waals surface area (Å²) < 4.78 is 5.44. The summed E-state index contributed by atoms with van der Waals surface area (Å²) in [6, 6.07) is 22.4. The summed E-state index contributed by atoms with van der Waals surface area (Å²) in [5.41, 5.74) is 1.81. The van der Waals surface area contributed by atoms with Gasteiger partial charge in [-0.15, -0.1) is 6.58 Å². The highest BCUT2D eigenvalue weighted by Crippen LogP contribution is 2.11. The molecule has 3 aromatic rings. The third-order valence-electron chi connectivity index (χ3n) is 4.78. The zero-order valence-corrected chi connectivity index (χ0v) is 17.4. The van der Waals surface area contributed by atoms with Crippen LogP contribution >= 0.6 is 0 Å². The average molecular weight is 418 g/mol. The third kappa shape index (κ3) is 6.89. The van der Waals surface area contributed by atoms with Gasteiger partial charge in [-0.25, -0.2) is 4.79 Å². The number of anilines is 1. The maximum atomic E-state index is 13.2. The molecule has 0 spiro atoms. The number of hydrogen-bond donors (Lipinski definition) is 1. The quantitative estimate of drug-likeness (QED) is 0.492. The van der Waals surface area contributed by atoms with Crippen molar-refractivity contribution in [2.24, 2.45) is 0 Å². The van der Waals surface area contributed by atoms with Crippen LogP contribution in [0.5, 0.6) is 0 Å². The predicted octanol–water partition coefficient (Wildman–Crippen LogP) is 4.57. The van der Waals surface area contributed by atoms with Gasteiger partial charge in [-0.3, -0.25) is 4.79 Å². The van der Waals surface area contributed by atoms with Gasteiger partial charge < -0.3 is 19.5 Å². The van der Waals surface area contributed by atoms with Gasteiger partial charge in [0.05, 0.1) is 12.8 Å². The van der Waals surface area contributed by atoms with Crippen molar-refractivity contribution in [3.05, 3.63) is 103 Å². The molecular formula is C25H27N3O3. The van der Waals surface area contributed by atoms with Crippen molar-refractivity contribution in [2.75, 3.05) is 25.0 Å². The maximum absolute atomic E-state index is 13.2. The smallest absolute Gasteiger partial charge is 0.322 e. The molecule has 31 heavy (non-hydrogen) atoms. The largest absolute Gasteiger partial charge is 0.467 e. The number of nitrogens with zero attached hydrogens (tertiary/aromatic N) is 2. The number of nitrogens with one attached hydrogen (secondary N) is 1. The highest BCUT2D eigenvalue weighted by Gasteiger charge is 2.21. The van der Waals surface area contributed by atoms with Crippen LogP contribution in [-0.2, 0) is 17.8 Å². The van der Waals surface area contributed by atoms with Crippen LogP contribution in [0.3, 0.4) is 0 Å². The topological polar surface area (TPSA) is 65.8 Å². The number of furan rings is 1. The van der Waals surface area contributed by atoms with Gasteiger partial charge >= 0.3 is 6.03 Å². The fourth-order valence-electron chi connectivity index (χ4n) is 3.15. The molecule has 3 rings (SSSR count). The third-order valence-corrected chi connectivity index (χ3v) is 4.78. The molecule has 0 aliphatic heterocycles. The maximum Gasteiger partial charge on any atom is 0.322 e.